The van der Waals surface area contributed by atoms with Gasteiger partial charge in [-0.05, 0) is 79.8 Å². The number of para-hydroxylation sites is 2. The van der Waals surface area contributed by atoms with Crippen LogP contribution in [0.25, 0.3) is 10.8 Å². The van der Waals surface area contributed by atoms with Crippen LogP contribution in [0.5, 0.6) is 5.75 Å². The van der Waals surface area contributed by atoms with Gasteiger partial charge in [-0.25, -0.2) is 12.7 Å². The van der Waals surface area contributed by atoms with Gasteiger partial charge in [0, 0.05) is 48.9 Å². The Morgan fingerprint density at radius 1 is 0.964 bits per heavy atom. The topological polar surface area (TPSA) is 192 Å². The van der Waals surface area contributed by atoms with Crippen LogP contribution < -0.4 is 29.9 Å². The summed E-state index contributed by atoms with van der Waals surface area (Å²) in [6.45, 7) is 2.25. The number of thiol groups is 1. The Morgan fingerprint density at radius 3 is 2.48 bits per heavy atom. The van der Waals surface area contributed by atoms with Crippen molar-refractivity contribution in [3.05, 3.63) is 89.0 Å². The van der Waals surface area contributed by atoms with E-state index in [1.807, 2.05) is 13.0 Å². The first-order chi connectivity index (χ1) is 26.9. The molecule has 290 valence electrons. The Bertz CT molecular complexity index is 2400. The lowest BCUT2D eigenvalue weighted by Crippen LogP contribution is -2.54. The molecule has 3 heterocycles. The highest BCUT2D eigenvalue weighted by molar-refractivity contribution is 7.74. The van der Waals surface area contributed by atoms with E-state index in [1.165, 1.54) is 22.4 Å². The largest absolute Gasteiger partial charge is 0.495 e. The van der Waals surface area contributed by atoms with Crippen molar-refractivity contribution >= 4 is 79.9 Å². The second kappa shape index (κ2) is 15.5. The Kier molecular flexibility index (Phi) is 10.5. The highest BCUT2D eigenvalue weighted by Gasteiger charge is 2.45. The lowest BCUT2D eigenvalue weighted by atomic mass is 9.97. The summed E-state index contributed by atoms with van der Waals surface area (Å²) in [4.78, 5) is 79.9. The number of anilines is 4. The average molecular weight is 781 g/mol. The summed E-state index contributed by atoms with van der Waals surface area (Å²) in [5.41, 5.74) is 3.18. The number of fused-ring (bicyclic) bond motifs is 1. The van der Waals surface area contributed by atoms with Gasteiger partial charge in [-0.3, -0.25) is 39.0 Å². The molecule has 0 bridgehead atoms. The minimum atomic E-state index is -3.18. The molecule has 0 aromatic heterocycles. The normalized spacial score (nSPS) is 16.7. The van der Waals surface area contributed by atoms with Crippen LogP contribution in [0.15, 0.2) is 66.7 Å². The number of ether oxygens (including phenoxy) is 1. The van der Waals surface area contributed by atoms with Crippen molar-refractivity contribution in [2.45, 2.75) is 57.5 Å². The van der Waals surface area contributed by atoms with Gasteiger partial charge in [0.05, 0.1) is 40.9 Å². The minimum absolute atomic E-state index is 0.0243. The third-order valence-electron chi connectivity index (χ3n) is 10.5. The Morgan fingerprint density at radius 2 is 1.75 bits per heavy atom. The highest BCUT2D eigenvalue weighted by atomic mass is 32.2. The van der Waals surface area contributed by atoms with Gasteiger partial charge >= 0.3 is 0 Å². The molecule has 16 heteroatoms. The average Bonchev–Trinajstić information content (AvgIpc) is 3.59. The number of hydrogen-bond acceptors (Lipinski definition) is 10. The van der Waals surface area contributed by atoms with E-state index in [0.717, 1.165) is 4.90 Å². The molecule has 3 aliphatic rings. The zero-order chi connectivity index (χ0) is 39.8. The number of imide groups is 2. The maximum absolute atomic E-state index is 13.5. The number of benzene rings is 4. The number of nitrogens with zero attached hydrogens (tertiary/aromatic N) is 3. The molecule has 0 aliphatic carbocycles. The number of nitrogens with one attached hydrogen (secondary N) is 3. The van der Waals surface area contributed by atoms with E-state index in [2.05, 4.69) is 16.0 Å². The Balaban J connectivity index is 1.03. The van der Waals surface area contributed by atoms with Gasteiger partial charge < -0.3 is 20.3 Å². The number of aryl methyl sites for hydroxylation is 1. The smallest absolute Gasteiger partial charge is 0.264 e. The Labute approximate surface area is 324 Å². The quantitative estimate of drug-likeness (QED) is 0.108. The first kappa shape index (κ1) is 38.0. The summed E-state index contributed by atoms with van der Waals surface area (Å²) in [5, 5.41) is 9.65. The number of amides is 6. The molecular weight excluding hydrogens is 741 g/mol. The van der Waals surface area contributed by atoms with Crippen LogP contribution in [0.3, 0.4) is 0 Å². The van der Waals surface area contributed by atoms with Crippen LogP contribution in [0, 0.1) is 0 Å². The maximum atomic E-state index is 13.5. The number of hydrogen-bond donors (Lipinski definition) is 4. The number of methoxy groups -OCH3 is 1. The van der Waals surface area contributed by atoms with Crippen molar-refractivity contribution in [1.29, 1.82) is 0 Å². The zero-order valence-corrected chi connectivity index (χ0v) is 31.8. The van der Waals surface area contributed by atoms with Crippen molar-refractivity contribution in [1.82, 2.24) is 15.5 Å². The first-order valence-electron chi connectivity index (χ1n) is 18.3. The first-order valence-corrected chi connectivity index (χ1v) is 19.4. The van der Waals surface area contributed by atoms with Gasteiger partial charge in [0.2, 0.25) is 28.6 Å². The molecule has 4 aromatic carbocycles. The second-order valence-corrected chi connectivity index (χ2v) is 14.7. The zero-order valence-electron chi connectivity index (χ0n) is 30.9. The van der Waals surface area contributed by atoms with E-state index < -0.39 is 40.6 Å². The third-order valence-corrected chi connectivity index (χ3v) is 11.3. The van der Waals surface area contributed by atoms with Gasteiger partial charge in [0.15, 0.2) is 0 Å². The number of rotatable bonds is 14. The second-order valence-electron chi connectivity index (χ2n) is 13.8. The highest BCUT2D eigenvalue weighted by Crippen LogP contribution is 2.45. The molecule has 56 heavy (non-hydrogen) atoms. The predicted octanol–water partition coefficient (Wildman–Crippen LogP) is 3.83. The SMILES string of the molecule is CCC(CCNC(=O)CCc1cc2c3c(ccc(N(c4ccccc4OC)[SH](=O)=O)c3c1)N(C)C2=O)Nc1cccc2c1C(=O)N(C1CCC(=O)NC1=O)C2=O. The van der Waals surface area contributed by atoms with Crippen molar-refractivity contribution in [3.63, 3.8) is 0 Å². The van der Waals surface area contributed by atoms with E-state index in [0.29, 0.717) is 69.8 Å². The molecule has 4 aromatic rings. The van der Waals surface area contributed by atoms with Gasteiger partial charge in [-0.2, -0.15) is 0 Å². The van der Waals surface area contributed by atoms with Crippen LogP contribution in [0.1, 0.15) is 75.7 Å². The van der Waals surface area contributed by atoms with E-state index in [9.17, 15) is 37.2 Å². The standard InChI is InChI=1S/C40H40N6O9S/c1-4-23(42-27-9-7-8-24-36(27)40(52)45(39(24)51)31-15-17-34(48)43-37(31)49)18-19-41-33(47)16-12-22-20-25-28(13-14-30-35(25)26(21-22)38(50)44(30)2)46(56(53)54)29-10-5-6-11-32(29)55-3/h5-11,13-14,20-21,23,31,42,56H,4,12,15-19H2,1-3H3,(H,41,47)(H,43,48,49). The molecule has 0 radical (unpaired) electrons. The summed E-state index contributed by atoms with van der Waals surface area (Å²) < 4.78 is 32.2. The minimum Gasteiger partial charge on any atom is -0.495 e. The number of carbonyl (C=O) groups excluding carboxylic acids is 6. The lowest BCUT2D eigenvalue weighted by molar-refractivity contribution is -0.136. The van der Waals surface area contributed by atoms with Gasteiger partial charge in [-0.1, -0.05) is 25.1 Å². The van der Waals surface area contributed by atoms with Crippen LogP contribution in [-0.2, 0) is 31.7 Å². The fraction of sp³-hybridized carbons (Fsp3) is 0.300. The van der Waals surface area contributed by atoms with Gasteiger partial charge in [0.1, 0.15) is 11.8 Å². The van der Waals surface area contributed by atoms with E-state index in [-0.39, 0.29) is 54.7 Å². The summed E-state index contributed by atoms with van der Waals surface area (Å²) in [7, 11) is -0.0614. The summed E-state index contributed by atoms with van der Waals surface area (Å²) >= 11 is 0. The number of piperidine rings is 1. The van der Waals surface area contributed by atoms with Gasteiger partial charge in [0.25, 0.3) is 17.7 Å². The van der Waals surface area contributed by atoms with Crippen molar-refractivity contribution in [3.8, 4) is 5.75 Å². The molecule has 3 aliphatic heterocycles. The molecule has 0 spiro atoms. The van der Waals surface area contributed by atoms with Crippen LogP contribution in [-0.4, -0.2) is 81.5 Å². The molecule has 2 unspecified atom stereocenters. The monoisotopic (exact) mass is 780 g/mol. The summed E-state index contributed by atoms with van der Waals surface area (Å²) in [6.07, 6.45) is 1.58. The van der Waals surface area contributed by atoms with Crippen LogP contribution in [0.2, 0.25) is 0 Å². The van der Waals surface area contributed by atoms with Crippen LogP contribution >= 0.6 is 0 Å². The fourth-order valence-corrected chi connectivity index (χ4v) is 8.35. The predicted molar refractivity (Wildman–Crippen MR) is 209 cm³/mol. The molecule has 0 saturated carbocycles. The molecule has 1 saturated heterocycles. The van der Waals surface area contributed by atoms with Gasteiger partial charge in [-0.15, -0.1) is 0 Å². The molecule has 7 rings (SSSR count). The van der Waals surface area contributed by atoms with E-state index >= 15 is 0 Å². The van der Waals surface area contributed by atoms with Crippen molar-refractivity contribution < 1.29 is 41.9 Å². The molecule has 3 N–H and O–H groups in total. The molecular formula is C40H40N6O9S. The maximum Gasteiger partial charge on any atom is 0.264 e. The molecule has 6 amide bonds. The molecule has 2 atom stereocenters. The summed E-state index contributed by atoms with van der Waals surface area (Å²) in [5.74, 6) is -2.44. The van der Waals surface area contributed by atoms with E-state index in [1.54, 1.807) is 61.6 Å². The van der Waals surface area contributed by atoms with E-state index in [4.69, 9.17) is 4.74 Å². The lowest BCUT2D eigenvalue weighted by Gasteiger charge is -2.28. The Hall–Kier alpha value is -6.29. The van der Waals surface area contributed by atoms with Crippen molar-refractivity contribution in [2.75, 3.05) is 35.2 Å². The fourth-order valence-electron chi connectivity index (χ4n) is 7.65. The third kappa shape index (κ3) is 6.80. The van der Waals surface area contributed by atoms with Crippen molar-refractivity contribution in [2.24, 2.45) is 0 Å². The molecule has 1 fully saturated rings. The van der Waals surface area contributed by atoms with Crippen LogP contribution in [0.4, 0.5) is 22.7 Å². The molecule has 15 nitrogen and oxygen atoms in total. The number of carbonyl (C=O) groups is 6. The summed E-state index contributed by atoms with van der Waals surface area (Å²) in [6, 6.07) is 17.3.